The first-order chi connectivity index (χ1) is 36.7. The zero-order valence-electron chi connectivity index (χ0n) is 50.6. The summed E-state index contributed by atoms with van der Waals surface area (Å²) in [6.45, 7) is 32.6. The van der Waals surface area contributed by atoms with Crippen LogP contribution in [0, 0.1) is 11.3 Å². The zero-order chi connectivity index (χ0) is 57.8. The van der Waals surface area contributed by atoms with Gasteiger partial charge in [0, 0.05) is 54.5 Å². The number of methoxy groups -OCH3 is 1. The van der Waals surface area contributed by atoms with Gasteiger partial charge >= 0.3 is 11.9 Å². The molecule has 78 heavy (non-hydrogen) atoms. The first-order valence-electron chi connectivity index (χ1n) is 29.8. The molecule has 0 radical (unpaired) electrons. The number of rotatable bonds is 27. The summed E-state index contributed by atoms with van der Waals surface area (Å²) in [5, 5.41) is 22.7. The quantitative estimate of drug-likeness (QED) is 0.0265. The van der Waals surface area contributed by atoms with Gasteiger partial charge in [-0.2, -0.15) is 0 Å². The number of fused-ring (bicyclic) bond motifs is 2. The number of hydrogen-bond donors (Lipinski definition) is 2. The van der Waals surface area contributed by atoms with E-state index in [1.54, 1.807) is 18.2 Å². The van der Waals surface area contributed by atoms with Crippen molar-refractivity contribution in [2.24, 2.45) is 11.3 Å². The molecule has 0 aromatic heterocycles. The van der Waals surface area contributed by atoms with Crippen LogP contribution in [0.25, 0.3) is 0 Å². The Morgan fingerprint density at radius 1 is 0.859 bits per heavy atom. The number of carbonyl (C=O) groups excluding carboxylic acids is 2. The van der Waals surface area contributed by atoms with Gasteiger partial charge in [-0.15, -0.1) is 0 Å². The molecule has 0 aliphatic carbocycles. The van der Waals surface area contributed by atoms with E-state index in [1.165, 1.54) is 70.3 Å². The lowest BCUT2D eigenvalue weighted by molar-refractivity contribution is -0.360. The second-order valence-electron chi connectivity index (χ2n) is 25.1. The number of allylic oxidation sites excluding steroid dienone is 4. The van der Waals surface area contributed by atoms with Crippen LogP contribution in [0.2, 0.25) is 0 Å². The van der Waals surface area contributed by atoms with Gasteiger partial charge in [-0.05, 0) is 98.6 Å². The molecule has 13 heteroatoms. The number of halogens is 1. The Bertz CT molecular complexity index is 2080. The molecule has 0 unspecified atom stereocenters. The van der Waals surface area contributed by atoms with Gasteiger partial charge in [0.05, 0.1) is 43.7 Å². The van der Waals surface area contributed by atoms with E-state index >= 15 is 0 Å². The molecule has 0 aromatic carbocycles. The van der Waals surface area contributed by atoms with Crippen LogP contribution < -0.4 is 0 Å². The van der Waals surface area contributed by atoms with Gasteiger partial charge in [-0.1, -0.05) is 175 Å². The van der Waals surface area contributed by atoms with E-state index in [1.807, 2.05) is 73.6 Å². The molecule has 0 amide bonds. The number of esters is 2. The standard InChI is InChI=1S/C65H105BrO12/c1-16-17-18-19-20-21-22-23-24-25-26-27-28-32-60(69)72-51(39-48(6)55(43-66)71-15)40-53-49(7)54(76-63(10,11)75-53)42-58-62(8,9)57(77-64(12,13)78-58)37-47(5)36-56(68)65(14)59-41-52(74-65)35-46(4)33-45(3)34-50(67)31-29-30-44(2)38-61(70)73-59/h29-30,33,36,38,43,49-54,56-59,67-68H,3,6,16-28,31-32,34-35,37,39-42H2,1-2,4-5,7-15H3/b30-29+,44-38+,46-33+,47-36+,55-43+/t49-,50-,51+,52+,53+,54-,56+,57-,58+,59-,65-/m1/s1. The van der Waals surface area contributed by atoms with Crippen LogP contribution in [0.4, 0.5) is 0 Å². The van der Waals surface area contributed by atoms with E-state index in [9.17, 15) is 19.8 Å². The second kappa shape index (κ2) is 32.1. The molecule has 4 rings (SSSR count). The molecule has 0 spiro atoms. The van der Waals surface area contributed by atoms with Crippen molar-refractivity contribution in [3.8, 4) is 0 Å². The monoisotopic (exact) mass is 1160 g/mol. The zero-order valence-corrected chi connectivity index (χ0v) is 52.1. The van der Waals surface area contributed by atoms with Gasteiger partial charge in [0.2, 0.25) is 0 Å². The van der Waals surface area contributed by atoms with E-state index in [-0.39, 0.29) is 42.4 Å². The second-order valence-corrected chi connectivity index (χ2v) is 25.5. The molecular formula is C65H105BrO12. The SMILES string of the molecule is C=C1/C=C(\C)C[C@H]2C[C@@H](OC(=O)/C=C(C)/C=C/C[C@@H](O)C1)[C@@](C)([C@@H](O)/C=C(\C)C[C@H]1OC(C)(C)O[C@@H](C[C@H]3OC(C)(C)O[C@@H](C[C@H](CC(=C)/C(=C\Br)OC)OC(=O)CCCCCCCCCCCCCCC)[C@H]3C)C1(C)C)O2. The van der Waals surface area contributed by atoms with Crippen LogP contribution in [0.15, 0.2) is 82.1 Å². The van der Waals surface area contributed by atoms with Crippen LogP contribution in [-0.2, 0) is 47.5 Å². The lowest BCUT2D eigenvalue weighted by Gasteiger charge is -2.53. The summed E-state index contributed by atoms with van der Waals surface area (Å²) in [5.74, 6) is -2.13. The average molecular weight is 1160 g/mol. The number of ether oxygens (including phenoxy) is 8. The highest BCUT2D eigenvalue weighted by Crippen LogP contribution is 2.47. The summed E-state index contributed by atoms with van der Waals surface area (Å²) in [6, 6.07) is 0. The first kappa shape index (κ1) is 67.6. The molecule has 4 heterocycles. The molecule has 444 valence electrons. The largest absolute Gasteiger partial charge is 0.496 e. The van der Waals surface area contributed by atoms with Gasteiger partial charge in [-0.3, -0.25) is 4.79 Å². The minimum Gasteiger partial charge on any atom is -0.496 e. The van der Waals surface area contributed by atoms with Gasteiger partial charge in [-0.25, -0.2) is 4.79 Å². The smallest absolute Gasteiger partial charge is 0.331 e. The maximum absolute atomic E-state index is 13.5. The molecule has 4 aliphatic heterocycles. The van der Waals surface area contributed by atoms with Crippen molar-refractivity contribution in [3.05, 3.63) is 82.1 Å². The third-order valence-electron chi connectivity index (χ3n) is 16.4. The predicted octanol–water partition coefficient (Wildman–Crippen LogP) is 15.4. The van der Waals surface area contributed by atoms with Gasteiger partial charge in [0.25, 0.3) is 0 Å². The molecule has 12 nitrogen and oxygen atoms in total. The Morgan fingerprint density at radius 2 is 1.45 bits per heavy atom. The summed E-state index contributed by atoms with van der Waals surface area (Å²) in [5.41, 5.74) is 2.36. The van der Waals surface area contributed by atoms with E-state index in [0.717, 1.165) is 36.0 Å². The molecule has 11 atom stereocenters. The maximum atomic E-state index is 13.5. The third kappa shape index (κ3) is 22.1. The van der Waals surface area contributed by atoms with E-state index < -0.39 is 53.0 Å². The molecule has 0 aromatic rings. The van der Waals surface area contributed by atoms with Crippen molar-refractivity contribution in [1.82, 2.24) is 0 Å². The molecule has 3 fully saturated rings. The predicted molar refractivity (Wildman–Crippen MR) is 316 cm³/mol. The van der Waals surface area contributed by atoms with Crippen molar-refractivity contribution in [2.75, 3.05) is 7.11 Å². The topological polar surface area (TPSA) is 148 Å². The molecule has 2 N–H and O–H groups in total. The normalized spacial score (nSPS) is 31.5. The Hall–Kier alpha value is -2.88. The lowest BCUT2D eigenvalue weighted by atomic mass is 9.73. The molecule has 0 saturated carbocycles. The summed E-state index contributed by atoms with van der Waals surface area (Å²) < 4.78 is 51.8. The highest BCUT2D eigenvalue weighted by atomic mass is 79.9. The minimum absolute atomic E-state index is 0.107. The van der Waals surface area contributed by atoms with Gasteiger partial charge in [0.1, 0.15) is 29.7 Å². The Balaban J connectivity index is 1.45. The van der Waals surface area contributed by atoms with Crippen molar-refractivity contribution < 1.29 is 57.7 Å². The van der Waals surface area contributed by atoms with Crippen molar-refractivity contribution in [2.45, 2.75) is 296 Å². The molecule has 3 saturated heterocycles. The fourth-order valence-electron chi connectivity index (χ4n) is 11.8. The van der Waals surface area contributed by atoms with Crippen LogP contribution in [0.1, 0.15) is 224 Å². The van der Waals surface area contributed by atoms with Crippen molar-refractivity contribution >= 4 is 27.9 Å². The Labute approximate surface area is 480 Å². The summed E-state index contributed by atoms with van der Waals surface area (Å²) in [6.07, 6.45) is 24.5. The maximum Gasteiger partial charge on any atom is 0.331 e. The highest BCUT2D eigenvalue weighted by Gasteiger charge is 2.54. The number of carbonyl (C=O) groups is 2. The third-order valence-corrected chi connectivity index (χ3v) is 16.8. The average Bonchev–Trinajstić information content (AvgIpc) is 3.64. The van der Waals surface area contributed by atoms with Crippen LogP contribution in [0.3, 0.4) is 0 Å². The number of unbranched alkanes of at least 4 members (excludes halogenated alkanes) is 12. The van der Waals surface area contributed by atoms with Gasteiger partial charge in [0.15, 0.2) is 11.6 Å². The molecule has 4 aliphatic rings. The molecule has 2 bridgehead atoms. The van der Waals surface area contributed by atoms with Crippen molar-refractivity contribution in [1.29, 1.82) is 0 Å². The van der Waals surface area contributed by atoms with Crippen LogP contribution in [-0.4, -0.2) is 101 Å². The fraction of sp³-hybridized carbons (Fsp3) is 0.754. The van der Waals surface area contributed by atoms with E-state index in [0.29, 0.717) is 74.7 Å². The van der Waals surface area contributed by atoms with Crippen molar-refractivity contribution in [3.63, 3.8) is 0 Å². The fourth-order valence-corrected chi connectivity index (χ4v) is 12.3. The summed E-state index contributed by atoms with van der Waals surface area (Å²) in [7, 11) is 1.60. The Morgan fingerprint density at radius 3 is 2.06 bits per heavy atom. The first-order valence-corrected chi connectivity index (χ1v) is 30.7. The Kier molecular flexibility index (Phi) is 27.8. The molecular weight excluding hydrogens is 1050 g/mol. The summed E-state index contributed by atoms with van der Waals surface area (Å²) >= 11 is 3.41. The summed E-state index contributed by atoms with van der Waals surface area (Å²) in [4.78, 5) is 28.6. The van der Waals surface area contributed by atoms with E-state index in [2.05, 4.69) is 56.8 Å². The van der Waals surface area contributed by atoms with Crippen LogP contribution >= 0.6 is 15.9 Å². The van der Waals surface area contributed by atoms with Gasteiger partial charge < -0.3 is 48.1 Å². The highest BCUT2D eigenvalue weighted by molar-refractivity contribution is 9.11. The minimum atomic E-state index is -1.25. The number of aliphatic hydroxyl groups is 2. The van der Waals surface area contributed by atoms with E-state index in [4.69, 9.17) is 37.9 Å². The van der Waals surface area contributed by atoms with Crippen LogP contribution in [0.5, 0.6) is 0 Å². The number of hydrogen-bond acceptors (Lipinski definition) is 12. The number of aliphatic hydroxyl groups excluding tert-OH is 2. The lowest BCUT2D eigenvalue weighted by Crippen LogP contribution is -2.59.